The molecule has 0 unspecified atom stereocenters. The molecule has 152 valence electrons. The summed E-state index contributed by atoms with van der Waals surface area (Å²) >= 11 is 0.939. The molecular weight excluding hydrogens is 413 g/mol. The molecule has 0 aliphatic heterocycles. The lowest BCUT2D eigenvalue weighted by atomic mass is 10.1. The summed E-state index contributed by atoms with van der Waals surface area (Å²) in [4.78, 5) is 16.7. The van der Waals surface area contributed by atoms with Gasteiger partial charge in [-0.3, -0.25) is 0 Å². The number of carbonyl (C=O) groups excluding carboxylic acids is 1. The molecule has 2 aromatic carbocycles. The smallest absolute Gasteiger partial charge is 0.416 e. The van der Waals surface area contributed by atoms with E-state index < -0.39 is 29.3 Å². The maximum absolute atomic E-state index is 14.0. The van der Waals surface area contributed by atoms with Crippen LogP contribution in [0.1, 0.15) is 33.4 Å². The Morgan fingerprint density at radius 2 is 1.79 bits per heavy atom. The maximum atomic E-state index is 14.0. The Kier molecular flexibility index (Phi) is 5.97. The molecule has 3 rings (SSSR count). The van der Waals surface area contributed by atoms with Crippen molar-refractivity contribution in [2.75, 3.05) is 6.61 Å². The monoisotopic (exact) mass is 427 g/mol. The lowest BCUT2D eigenvalue weighted by Crippen LogP contribution is -2.06. The molecule has 0 bridgehead atoms. The van der Waals surface area contributed by atoms with Gasteiger partial charge in [0.05, 0.1) is 17.9 Å². The Morgan fingerprint density at radius 1 is 1.10 bits per heavy atom. The lowest BCUT2D eigenvalue weighted by molar-refractivity contribution is -0.137. The number of halogens is 5. The van der Waals surface area contributed by atoms with Crippen LogP contribution in [0.25, 0.3) is 10.6 Å². The van der Waals surface area contributed by atoms with Crippen molar-refractivity contribution in [3.05, 3.63) is 75.8 Å². The van der Waals surface area contributed by atoms with Crippen molar-refractivity contribution in [3.8, 4) is 10.6 Å². The van der Waals surface area contributed by atoms with Gasteiger partial charge in [-0.15, -0.1) is 11.3 Å². The van der Waals surface area contributed by atoms with Crippen molar-refractivity contribution >= 4 is 17.3 Å². The van der Waals surface area contributed by atoms with E-state index in [2.05, 4.69) is 4.98 Å². The summed E-state index contributed by atoms with van der Waals surface area (Å²) in [5.41, 5.74) is -0.105. The first-order chi connectivity index (χ1) is 13.7. The molecule has 0 saturated carbocycles. The summed E-state index contributed by atoms with van der Waals surface area (Å²) in [7, 11) is 0. The van der Waals surface area contributed by atoms with E-state index in [1.54, 1.807) is 6.92 Å². The Hall–Kier alpha value is -2.81. The third-order valence-corrected chi connectivity index (χ3v) is 5.12. The second-order valence-corrected chi connectivity index (χ2v) is 7.00. The summed E-state index contributed by atoms with van der Waals surface area (Å²) < 4.78 is 70.4. The quantitative estimate of drug-likeness (QED) is 0.377. The van der Waals surface area contributed by atoms with Crippen LogP contribution in [0.4, 0.5) is 22.0 Å². The van der Waals surface area contributed by atoms with Crippen LogP contribution in [0.5, 0.6) is 0 Å². The topological polar surface area (TPSA) is 39.2 Å². The minimum absolute atomic E-state index is 0.0998. The number of rotatable bonds is 5. The van der Waals surface area contributed by atoms with E-state index in [0.717, 1.165) is 35.6 Å². The van der Waals surface area contributed by atoms with E-state index in [9.17, 15) is 26.7 Å². The molecule has 0 radical (unpaired) electrons. The molecular formula is C20H14F5NO2S. The van der Waals surface area contributed by atoms with Crippen molar-refractivity contribution in [2.24, 2.45) is 0 Å². The summed E-state index contributed by atoms with van der Waals surface area (Å²) in [5.74, 6) is -2.19. The molecule has 0 fully saturated rings. The highest BCUT2D eigenvalue weighted by Crippen LogP contribution is 2.34. The van der Waals surface area contributed by atoms with Crippen molar-refractivity contribution in [3.63, 3.8) is 0 Å². The number of ether oxygens (including phenoxy) is 1. The first-order valence-corrected chi connectivity index (χ1v) is 9.29. The normalized spacial score (nSPS) is 11.5. The maximum Gasteiger partial charge on any atom is 0.416 e. The van der Waals surface area contributed by atoms with E-state index in [4.69, 9.17) is 4.74 Å². The molecule has 1 heterocycles. The van der Waals surface area contributed by atoms with Crippen molar-refractivity contribution < 1.29 is 31.5 Å². The van der Waals surface area contributed by atoms with Gasteiger partial charge in [0.2, 0.25) is 0 Å². The van der Waals surface area contributed by atoms with E-state index in [1.165, 1.54) is 18.2 Å². The number of esters is 1. The van der Waals surface area contributed by atoms with Crippen LogP contribution in [-0.2, 0) is 17.3 Å². The molecule has 1 aromatic heterocycles. The molecule has 0 aliphatic carbocycles. The molecule has 0 saturated heterocycles. The molecule has 0 aliphatic rings. The molecule has 9 heteroatoms. The van der Waals surface area contributed by atoms with E-state index in [0.29, 0.717) is 10.6 Å². The average Bonchev–Trinajstić information content (AvgIpc) is 3.08. The Balaban J connectivity index is 1.99. The fraction of sp³-hybridized carbons (Fsp3) is 0.200. The van der Waals surface area contributed by atoms with Gasteiger partial charge >= 0.3 is 12.1 Å². The summed E-state index contributed by atoms with van der Waals surface area (Å²) in [6.07, 6.45) is -4.57. The number of hydrogen-bond donors (Lipinski definition) is 0. The second kappa shape index (κ2) is 8.28. The van der Waals surface area contributed by atoms with E-state index in [1.807, 2.05) is 0 Å². The summed E-state index contributed by atoms with van der Waals surface area (Å²) in [5, 5.41) is 0.291. The van der Waals surface area contributed by atoms with Gasteiger partial charge in [0.1, 0.15) is 21.5 Å². The Morgan fingerprint density at radius 3 is 2.38 bits per heavy atom. The summed E-state index contributed by atoms with van der Waals surface area (Å²) in [6.45, 7) is 1.73. The number of nitrogens with zero attached hydrogens (tertiary/aromatic N) is 1. The standard InChI is InChI=1S/C20H14F5NO2S/c1-2-28-19(27)17-16(9-12-5-8-14(21)10-15(12)22)26-18(29-17)11-3-6-13(7-4-11)20(23,24)25/h3-8,10H,2,9H2,1H3. The van der Waals surface area contributed by atoms with E-state index in [-0.39, 0.29) is 29.2 Å². The van der Waals surface area contributed by atoms with Crippen LogP contribution in [0.2, 0.25) is 0 Å². The van der Waals surface area contributed by atoms with Crippen LogP contribution in [-0.4, -0.2) is 17.6 Å². The number of aromatic nitrogens is 1. The predicted molar refractivity (Wildman–Crippen MR) is 97.7 cm³/mol. The van der Waals surface area contributed by atoms with E-state index >= 15 is 0 Å². The van der Waals surface area contributed by atoms with Crippen LogP contribution in [0.3, 0.4) is 0 Å². The molecule has 3 nitrogen and oxygen atoms in total. The fourth-order valence-electron chi connectivity index (χ4n) is 2.60. The molecule has 29 heavy (non-hydrogen) atoms. The van der Waals surface area contributed by atoms with Gasteiger partial charge in [0, 0.05) is 18.1 Å². The van der Waals surface area contributed by atoms with Crippen LogP contribution in [0, 0.1) is 11.6 Å². The average molecular weight is 427 g/mol. The van der Waals surface area contributed by atoms with Crippen molar-refractivity contribution in [1.82, 2.24) is 4.98 Å². The second-order valence-electron chi connectivity index (χ2n) is 6.00. The highest BCUT2D eigenvalue weighted by atomic mass is 32.1. The minimum Gasteiger partial charge on any atom is -0.462 e. The van der Waals surface area contributed by atoms with Crippen LogP contribution >= 0.6 is 11.3 Å². The molecule has 0 N–H and O–H groups in total. The third-order valence-electron chi connectivity index (χ3n) is 3.99. The first-order valence-electron chi connectivity index (χ1n) is 8.47. The fourth-order valence-corrected chi connectivity index (χ4v) is 3.58. The van der Waals surface area contributed by atoms with Gasteiger partial charge in [0.25, 0.3) is 0 Å². The largest absolute Gasteiger partial charge is 0.462 e. The highest BCUT2D eigenvalue weighted by molar-refractivity contribution is 7.17. The molecule has 0 amide bonds. The van der Waals surface area contributed by atoms with Gasteiger partial charge in [-0.1, -0.05) is 18.2 Å². The zero-order valence-electron chi connectivity index (χ0n) is 15.0. The zero-order valence-corrected chi connectivity index (χ0v) is 15.8. The Bertz CT molecular complexity index is 1030. The van der Waals surface area contributed by atoms with Crippen LogP contribution in [0.15, 0.2) is 42.5 Å². The van der Waals surface area contributed by atoms with Crippen molar-refractivity contribution in [1.29, 1.82) is 0 Å². The van der Waals surface area contributed by atoms with Crippen LogP contribution < -0.4 is 0 Å². The lowest BCUT2D eigenvalue weighted by Gasteiger charge is -2.06. The molecule has 0 atom stereocenters. The van der Waals surface area contributed by atoms with Gasteiger partial charge in [-0.25, -0.2) is 18.6 Å². The molecule has 3 aromatic rings. The van der Waals surface area contributed by atoms with Gasteiger partial charge < -0.3 is 4.74 Å². The number of hydrogen-bond acceptors (Lipinski definition) is 4. The minimum atomic E-state index is -4.47. The van der Waals surface area contributed by atoms with Crippen molar-refractivity contribution in [2.45, 2.75) is 19.5 Å². The van der Waals surface area contributed by atoms with Gasteiger partial charge in [0.15, 0.2) is 0 Å². The Labute approximate surface area is 166 Å². The number of alkyl halides is 3. The predicted octanol–water partition coefficient (Wildman–Crippen LogP) is 5.87. The zero-order chi connectivity index (χ0) is 21.2. The highest BCUT2D eigenvalue weighted by Gasteiger charge is 2.30. The summed E-state index contributed by atoms with van der Waals surface area (Å²) in [6, 6.07) is 7.39. The number of thiazole rings is 1. The molecule has 0 spiro atoms. The SMILES string of the molecule is CCOC(=O)c1sc(-c2ccc(C(F)(F)F)cc2)nc1Cc1ccc(F)cc1F. The van der Waals surface area contributed by atoms with Gasteiger partial charge in [-0.05, 0) is 30.7 Å². The number of carbonyl (C=O) groups is 1. The third kappa shape index (κ3) is 4.79. The van der Waals surface area contributed by atoms with Gasteiger partial charge in [-0.2, -0.15) is 13.2 Å². The first kappa shape index (κ1) is 20.9. The number of benzene rings is 2.